The molecule has 2 aromatic carbocycles. The molecule has 0 fully saturated rings. The van der Waals surface area contributed by atoms with Crippen molar-refractivity contribution in [2.24, 2.45) is 0 Å². The van der Waals surface area contributed by atoms with Crippen LogP contribution in [-0.2, 0) is 21.2 Å². The molecule has 0 aliphatic heterocycles. The second-order valence-corrected chi connectivity index (χ2v) is 9.98. The number of para-hydroxylation sites is 1. The van der Waals surface area contributed by atoms with E-state index in [1.54, 1.807) is 45.2 Å². The molecule has 3 aromatic rings. The number of benzene rings is 2. The smallest absolute Gasteiger partial charge is 0.407 e. The Kier molecular flexibility index (Phi) is 6.68. The van der Waals surface area contributed by atoms with Gasteiger partial charge in [-0.3, -0.25) is 0 Å². The number of rotatable bonds is 7. The second kappa shape index (κ2) is 9.12. The molecule has 1 aromatic heterocycles. The van der Waals surface area contributed by atoms with Crippen LogP contribution >= 0.6 is 0 Å². The first-order valence-electron chi connectivity index (χ1n) is 10.1. The van der Waals surface area contributed by atoms with Crippen molar-refractivity contribution < 1.29 is 27.4 Å². The normalized spacial score (nSPS) is 11.9. The average Bonchev–Trinajstić information content (AvgIpc) is 3.11. The lowest BCUT2D eigenvalue weighted by Crippen LogP contribution is -2.33. The zero-order valence-corrected chi connectivity index (χ0v) is 19.7. The van der Waals surface area contributed by atoms with Gasteiger partial charge in [-0.1, -0.05) is 18.2 Å². The summed E-state index contributed by atoms with van der Waals surface area (Å²) in [5.41, 5.74) is 0.753. The fraction of sp³-hybridized carbons (Fsp3) is 0.348. The Hall–Kier alpha value is -3.20. The van der Waals surface area contributed by atoms with Gasteiger partial charge in [-0.05, 0) is 51.0 Å². The summed E-state index contributed by atoms with van der Waals surface area (Å²) >= 11 is 0. The number of alkyl carbamates (subject to hydrolysis) is 1. The summed E-state index contributed by atoms with van der Waals surface area (Å²) in [6, 6.07) is 11.7. The number of nitrogens with one attached hydrogen (secondary N) is 1. The van der Waals surface area contributed by atoms with E-state index in [1.165, 1.54) is 30.3 Å². The van der Waals surface area contributed by atoms with Crippen LogP contribution < -0.4 is 14.8 Å². The van der Waals surface area contributed by atoms with Crippen LogP contribution in [0, 0.1) is 0 Å². The van der Waals surface area contributed by atoms with E-state index < -0.39 is 21.7 Å². The maximum atomic E-state index is 13.4. The first-order chi connectivity index (χ1) is 15.1. The predicted molar refractivity (Wildman–Crippen MR) is 122 cm³/mol. The number of carbonyl (C=O) groups excluding carboxylic acids is 1. The molecule has 0 radical (unpaired) electrons. The van der Waals surface area contributed by atoms with Crippen LogP contribution in [0.1, 0.15) is 26.3 Å². The highest BCUT2D eigenvalue weighted by atomic mass is 32.2. The third-order valence-electron chi connectivity index (χ3n) is 4.73. The van der Waals surface area contributed by atoms with Gasteiger partial charge in [-0.15, -0.1) is 0 Å². The van der Waals surface area contributed by atoms with Crippen molar-refractivity contribution in [3.05, 3.63) is 54.2 Å². The minimum Gasteiger partial charge on any atom is -0.493 e. The van der Waals surface area contributed by atoms with Gasteiger partial charge < -0.3 is 19.5 Å². The van der Waals surface area contributed by atoms with Gasteiger partial charge in [0.25, 0.3) is 10.0 Å². The number of carbonyl (C=O) groups is 1. The third kappa shape index (κ3) is 4.99. The fourth-order valence-electron chi connectivity index (χ4n) is 3.32. The molecule has 0 saturated heterocycles. The molecule has 1 heterocycles. The number of fused-ring (bicyclic) bond motifs is 1. The molecule has 32 heavy (non-hydrogen) atoms. The van der Waals surface area contributed by atoms with Gasteiger partial charge in [-0.25, -0.2) is 17.2 Å². The Labute approximate surface area is 188 Å². The minimum absolute atomic E-state index is 0.0781. The predicted octanol–water partition coefficient (Wildman–Crippen LogP) is 3.96. The second-order valence-electron chi connectivity index (χ2n) is 8.17. The van der Waals surface area contributed by atoms with E-state index in [0.717, 1.165) is 10.9 Å². The summed E-state index contributed by atoms with van der Waals surface area (Å²) in [6.45, 7) is 5.68. The Bertz CT molecular complexity index is 1230. The van der Waals surface area contributed by atoms with Crippen molar-refractivity contribution in [1.29, 1.82) is 0 Å². The highest BCUT2D eigenvalue weighted by Crippen LogP contribution is 2.32. The summed E-state index contributed by atoms with van der Waals surface area (Å²) in [6.07, 6.45) is 1.51. The van der Waals surface area contributed by atoms with Crippen molar-refractivity contribution in [3.8, 4) is 11.5 Å². The Morgan fingerprint density at radius 3 is 2.38 bits per heavy atom. The van der Waals surface area contributed by atoms with Crippen molar-refractivity contribution >= 4 is 27.0 Å². The highest BCUT2D eigenvalue weighted by Gasteiger charge is 2.23. The molecule has 0 atom stereocenters. The maximum Gasteiger partial charge on any atom is 0.407 e. The van der Waals surface area contributed by atoms with Gasteiger partial charge in [0.05, 0.1) is 24.6 Å². The molecule has 1 N–H and O–H groups in total. The van der Waals surface area contributed by atoms with Gasteiger partial charge >= 0.3 is 6.09 Å². The van der Waals surface area contributed by atoms with Crippen LogP contribution in [0.15, 0.2) is 53.6 Å². The van der Waals surface area contributed by atoms with Gasteiger partial charge in [0.2, 0.25) is 0 Å². The van der Waals surface area contributed by atoms with Crippen LogP contribution in [0.2, 0.25) is 0 Å². The molecule has 0 bridgehead atoms. The number of methoxy groups -OCH3 is 2. The third-order valence-corrected chi connectivity index (χ3v) is 6.40. The average molecular weight is 461 g/mol. The summed E-state index contributed by atoms with van der Waals surface area (Å²) < 4.78 is 43.9. The van der Waals surface area contributed by atoms with Crippen LogP contribution in [-0.4, -0.2) is 44.8 Å². The molecular weight excluding hydrogens is 432 g/mol. The lowest BCUT2D eigenvalue weighted by atomic mass is 10.1. The van der Waals surface area contributed by atoms with E-state index in [9.17, 15) is 13.2 Å². The van der Waals surface area contributed by atoms with Crippen molar-refractivity contribution in [3.63, 3.8) is 0 Å². The fourth-order valence-corrected chi connectivity index (χ4v) is 4.73. The Morgan fingerprint density at radius 1 is 1.03 bits per heavy atom. The number of ether oxygens (including phenoxy) is 3. The highest BCUT2D eigenvalue weighted by molar-refractivity contribution is 7.90. The molecule has 0 aliphatic rings. The molecule has 0 unspecified atom stereocenters. The molecule has 0 saturated carbocycles. The van der Waals surface area contributed by atoms with Crippen LogP contribution in [0.4, 0.5) is 4.79 Å². The quantitative estimate of drug-likeness (QED) is 0.573. The summed E-state index contributed by atoms with van der Waals surface area (Å²) in [5.74, 6) is 0.768. The number of amides is 1. The monoisotopic (exact) mass is 460 g/mol. The molecule has 1 amide bonds. The first-order valence-corrected chi connectivity index (χ1v) is 11.5. The summed E-state index contributed by atoms with van der Waals surface area (Å²) in [7, 11) is -0.956. The van der Waals surface area contributed by atoms with Gasteiger partial charge in [0.1, 0.15) is 5.60 Å². The molecule has 9 heteroatoms. The lowest BCUT2D eigenvalue weighted by molar-refractivity contribution is 0.0528. The molecule has 172 valence electrons. The summed E-state index contributed by atoms with van der Waals surface area (Å²) in [5, 5.41) is 3.50. The van der Waals surface area contributed by atoms with E-state index in [0.29, 0.717) is 30.0 Å². The van der Waals surface area contributed by atoms with Gasteiger partial charge in [0.15, 0.2) is 11.5 Å². The van der Waals surface area contributed by atoms with E-state index in [1.807, 2.05) is 12.1 Å². The van der Waals surface area contributed by atoms with Crippen molar-refractivity contribution in [2.75, 3.05) is 20.8 Å². The van der Waals surface area contributed by atoms with E-state index >= 15 is 0 Å². The Balaban J connectivity index is 1.92. The van der Waals surface area contributed by atoms with Crippen LogP contribution in [0.3, 0.4) is 0 Å². The number of aromatic nitrogens is 1. The summed E-state index contributed by atoms with van der Waals surface area (Å²) in [4.78, 5) is 12.0. The SMILES string of the molecule is COc1ccc(S(=O)(=O)n2cc(CCNC(=O)OC(C)(C)C)c3ccccc32)cc1OC. The molecule has 0 spiro atoms. The van der Waals surface area contributed by atoms with Crippen LogP contribution in [0.5, 0.6) is 11.5 Å². The van der Waals surface area contributed by atoms with Gasteiger partial charge in [0, 0.05) is 24.2 Å². The first kappa shape index (κ1) is 23.5. The lowest BCUT2D eigenvalue weighted by Gasteiger charge is -2.19. The van der Waals surface area contributed by atoms with Crippen molar-refractivity contribution in [1.82, 2.24) is 9.29 Å². The van der Waals surface area contributed by atoms with E-state index in [-0.39, 0.29) is 4.90 Å². The minimum atomic E-state index is -3.90. The number of nitrogens with zero attached hydrogens (tertiary/aromatic N) is 1. The number of hydrogen-bond donors (Lipinski definition) is 1. The van der Waals surface area contributed by atoms with Crippen LogP contribution in [0.25, 0.3) is 10.9 Å². The Morgan fingerprint density at radius 2 is 1.72 bits per heavy atom. The largest absolute Gasteiger partial charge is 0.493 e. The molecule has 8 nitrogen and oxygen atoms in total. The standard InChI is InChI=1S/C23H28N2O6S/c1-23(2,3)31-22(26)24-13-12-16-15-25(19-9-7-6-8-18(16)19)32(27,28)17-10-11-20(29-4)21(14-17)30-5/h6-11,14-15H,12-13H2,1-5H3,(H,24,26). The van der Waals surface area contributed by atoms with E-state index in [2.05, 4.69) is 5.32 Å². The van der Waals surface area contributed by atoms with Gasteiger partial charge in [-0.2, -0.15) is 0 Å². The molecule has 0 aliphatic carbocycles. The topological polar surface area (TPSA) is 95.9 Å². The van der Waals surface area contributed by atoms with Crippen molar-refractivity contribution in [2.45, 2.75) is 37.7 Å². The zero-order valence-electron chi connectivity index (χ0n) is 18.8. The number of hydrogen-bond acceptors (Lipinski definition) is 6. The molecule has 3 rings (SSSR count). The molecular formula is C23H28N2O6S. The maximum absolute atomic E-state index is 13.4. The van der Waals surface area contributed by atoms with E-state index in [4.69, 9.17) is 14.2 Å². The zero-order chi connectivity index (χ0) is 23.5.